The quantitative estimate of drug-likeness (QED) is 0.830. The molecule has 1 aliphatic heterocycles. The lowest BCUT2D eigenvalue weighted by Gasteiger charge is -2.22. The number of carbonyl (C=O) groups is 3. The minimum atomic E-state index is -0.314. The Kier molecular flexibility index (Phi) is 6.21. The van der Waals surface area contributed by atoms with Crippen molar-refractivity contribution in [1.29, 1.82) is 0 Å². The predicted octanol–water partition coefficient (Wildman–Crippen LogP) is 2.92. The Labute approximate surface area is 165 Å². The number of ketones is 1. The zero-order valence-electron chi connectivity index (χ0n) is 16.3. The van der Waals surface area contributed by atoms with Crippen LogP contribution in [0.1, 0.15) is 44.4 Å². The number of Topliss-reactive ketones (excluding diaryl/α,β-unsaturated/α-hetero) is 1. The van der Waals surface area contributed by atoms with Crippen molar-refractivity contribution in [3.8, 4) is 0 Å². The highest BCUT2D eigenvalue weighted by Crippen LogP contribution is 2.19. The summed E-state index contributed by atoms with van der Waals surface area (Å²) in [7, 11) is 2.06. The van der Waals surface area contributed by atoms with Crippen LogP contribution < -0.4 is 5.32 Å². The molecule has 6 nitrogen and oxygen atoms in total. The molecule has 0 aliphatic carbocycles. The molecule has 0 saturated carbocycles. The number of amides is 2. The summed E-state index contributed by atoms with van der Waals surface area (Å²) in [5.74, 6) is -0.435. The molecule has 2 amide bonds. The molecule has 1 aliphatic rings. The van der Waals surface area contributed by atoms with E-state index in [-0.39, 0.29) is 17.6 Å². The van der Waals surface area contributed by atoms with E-state index in [0.717, 1.165) is 19.5 Å². The molecule has 1 heterocycles. The van der Waals surface area contributed by atoms with Crippen molar-refractivity contribution in [2.75, 3.05) is 38.5 Å². The Morgan fingerprint density at radius 3 is 2.25 bits per heavy atom. The van der Waals surface area contributed by atoms with Gasteiger partial charge in [0.15, 0.2) is 5.78 Å². The summed E-state index contributed by atoms with van der Waals surface area (Å²) in [4.78, 5) is 41.1. The van der Waals surface area contributed by atoms with Crippen LogP contribution in [0.25, 0.3) is 0 Å². The minimum absolute atomic E-state index is 0.0500. The van der Waals surface area contributed by atoms with E-state index in [9.17, 15) is 14.4 Å². The molecule has 2 aromatic carbocycles. The Morgan fingerprint density at radius 1 is 0.857 bits per heavy atom. The van der Waals surface area contributed by atoms with E-state index < -0.39 is 0 Å². The van der Waals surface area contributed by atoms with Gasteiger partial charge in [0.1, 0.15) is 0 Å². The third kappa shape index (κ3) is 4.64. The summed E-state index contributed by atoms with van der Waals surface area (Å²) >= 11 is 0. The van der Waals surface area contributed by atoms with Crippen molar-refractivity contribution in [3.63, 3.8) is 0 Å². The monoisotopic (exact) mass is 379 g/mol. The average Bonchev–Trinajstić information content (AvgIpc) is 2.92. The van der Waals surface area contributed by atoms with Crippen LogP contribution in [0.5, 0.6) is 0 Å². The van der Waals surface area contributed by atoms with Crippen LogP contribution in [0, 0.1) is 0 Å². The molecule has 1 fully saturated rings. The van der Waals surface area contributed by atoms with Gasteiger partial charge in [-0.25, -0.2) is 0 Å². The Bertz CT molecular complexity index is 877. The number of hydrogen-bond acceptors (Lipinski definition) is 4. The van der Waals surface area contributed by atoms with Gasteiger partial charge in [-0.3, -0.25) is 14.4 Å². The Hall–Kier alpha value is -2.99. The summed E-state index contributed by atoms with van der Waals surface area (Å²) in [6.07, 6.45) is 0.930. The lowest BCUT2D eigenvalue weighted by Crippen LogP contribution is -2.35. The largest absolute Gasteiger partial charge is 0.337 e. The third-order valence-corrected chi connectivity index (χ3v) is 4.97. The molecule has 0 radical (unpaired) electrons. The second-order valence-electron chi connectivity index (χ2n) is 7.08. The van der Waals surface area contributed by atoms with E-state index in [1.165, 1.54) is 6.92 Å². The Morgan fingerprint density at radius 2 is 1.54 bits per heavy atom. The normalized spacial score (nSPS) is 15.0. The third-order valence-electron chi connectivity index (χ3n) is 4.97. The lowest BCUT2D eigenvalue weighted by molar-refractivity contribution is 0.0763. The van der Waals surface area contributed by atoms with Gasteiger partial charge in [-0.15, -0.1) is 0 Å². The van der Waals surface area contributed by atoms with E-state index in [1.807, 2.05) is 4.90 Å². The van der Waals surface area contributed by atoms with Gasteiger partial charge >= 0.3 is 0 Å². The average molecular weight is 379 g/mol. The molecule has 2 aromatic rings. The van der Waals surface area contributed by atoms with Crippen molar-refractivity contribution in [2.24, 2.45) is 0 Å². The Balaban J connectivity index is 1.77. The van der Waals surface area contributed by atoms with Crippen LogP contribution in [0.3, 0.4) is 0 Å². The zero-order chi connectivity index (χ0) is 20.1. The number of likely N-dealkylation sites (N-methyl/N-ethyl adjacent to an activating group) is 1. The van der Waals surface area contributed by atoms with Gasteiger partial charge in [0.05, 0.1) is 11.3 Å². The molecule has 0 spiro atoms. The molecule has 28 heavy (non-hydrogen) atoms. The smallest absolute Gasteiger partial charge is 0.256 e. The van der Waals surface area contributed by atoms with Gasteiger partial charge in [0.2, 0.25) is 0 Å². The maximum Gasteiger partial charge on any atom is 0.256 e. The molecule has 0 atom stereocenters. The number of nitrogens with zero attached hydrogens (tertiary/aromatic N) is 2. The summed E-state index contributed by atoms with van der Waals surface area (Å²) in [5.41, 5.74) is 1.97. The maximum absolute atomic E-state index is 13.0. The minimum Gasteiger partial charge on any atom is -0.337 e. The van der Waals surface area contributed by atoms with Crippen molar-refractivity contribution in [3.05, 3.63) is 65.2 Å². The van der Waals surface area contributed by atoms with Gasteiger partial charge in [0.25, 0.3) is 11.8 Å². The SMILES string of the molecule is CC(=O)c1ccc(C(=O)Nc2ccccc2C(=O)N2CCCN(C)CC2)cc1. The van der Waals surface area contributed by atoms with Crippen molar-refractivity contribution in [1.82, 2.24) is 9.80 Å². The molecule has 146 valence electrons. The fraction of sp³-hybridized carbons (Fsp3) is 0.318. The van der Waals surface area contributed by atoms with Gasteiger partial charge in [-0.05, 0) is 51.2 Å². The fourth-order valence-electron chi connectivity index (χ4n) is 3.25. The number of hydrogen-bond donors (Lipinski definition) is 1. The molecular formula is C22H25N3O3. The highest BCUT2D eigenvalue weighted by atomic mass is 16.2. The molecule has 1 N–H and O–H groups in total. The van der Waals surface area contributed by atoms with E-state index in [1.54, 1.807) is 48.5 Å². The van der Waals surface area contributed by atoms with Gasteiger partial charge in [-0.1, -0.05) is 24.3 Å². The predicted molar refractivity (Wildman–Crippen MR) is 109 cm³/mol. The molecule has 3 rings (SSSR count). The summed E-state index contributed by atoms with van der Waals surface area (Å²) in [6.45, 7) is 4.67. The van der Waals surface area contributed by atoms with Crippen LogP contribution in [0.15, 0.2) is 48.5 Å². The number of rotatable bonds is 4. The van der Waals surface area contributed by atoms with Crippen LogP contribution in [-0.4, -0.2) is 60.6 Å². The molecular weight excluding hydrogens is 354 g/mol. The maximum atomic E-state index is 13.0. The topological polar surface area (TPSA) is 69.7 Å². The molecule has 1 saturated heterocycles. The van der Waals surface area contributed by atoms with E-state index in [0.29, 0.717) is 35.5 Å². The first-order chi connectivity index (χ1) is 13.5. The van der Waals surface area contributed by atoms with Gasteiger partial charge in [0, 0.05) is 30.8 Å². The van der Waals surface area contributed by atoms with Crippen molar-refractivity contribution >= 4 is 23.3 Å². The molecule has 0 unspecified atom stereocenters. The second-order valence-corrected chi connectivity index (χ2v) is 7.08. The van der Waals surface area contributed by atoms with E-state index in [2.05, 4.69) is 17.3 Å². The number of para-hydroxylation sites is 1. The fourth-order valence-corrected chi connectivity index (χ4v) is 3.25. The van der Waals surface area contributed by atoms with Gasteiger partial charge in [-0.2, -0.15) is 0 Å². The number of carbonyl (C=O) groups excluding carboxylic acids is 3. The molecule has 6 heteroatoms. The summed E-state index contributed by atoms with van der Waals surface area (Å²) < 4.78 is 0. The highest BCUT2D eigenvalue weighted by molar-refractivity contribution is 6.09. The van der Waals surface area contributed by atoms with Crippen LogP contribution >= 0.6 is 0 Å². The number of anilines is 1. The zero-order valence-corrected chi connectivity index (χ0v) is 16.3. The number of nitrogens with one attached hydrogen (secondary N) is 1. The molecule has 0 bridgehead atoms. The van der Waals surface area contributed by atoms with Crippen LogP contribution in [0.2, 0.25) is 0 Å². The molecule has 0 aromatic heterocycles. The van der Waals surface area contributed by atoms with Crippen LogP contribution in [0.4, 0.5) is 5.69 Å². The second kappa shape index (κ2) is 8.80. The van der Waals surface area contributed by atoms with Crippen LogP contribution in [-0.2, 0) is 0 Å². The van der Waals surface area contributed by atoms with Gasteiger partial charge < -0.3 is 15.1 Å². The first-order valence-electron chi connectivity index (χ1n) is 9.45. The standard InChI is InChI=1S/C22H25N3O3/c1-16(26)17-8-10-18(11-9-17)21(27)23-20-7-4-3-6-19(20)22(28)25-13-5-12-24(2)14-15-25/h3-4,6-11H,5,12-15H2,1-2H3,(H,23,27). The van der Waals surface area contributed by atoms with Crippen molar-refractivity contribution < 1.29 is 14.4 Å². The summed E-state index contributed by atoms with van der Waals surface area (Å²) in [6, 6.07) is 13.5. The van der Waals surface area contributed by atoms with Crippen molar-refractivity contribution in [2.45, 2.75) is 13.3 Å². The number of benzene rings is 2. The first-order valence-corrected chi connectivity index (χ1v) is 9.45. The summed E-state index contributed by atoms with van der Waals surface area (Å²) in [5, 5.41) is 2.84. The van der Waals surface area contributed by atoms with E-state index in [4.69, 9.17) is 0 Å². The van der Waals surface area contributed by atoms with E-state index >= 15 is 0 Å². The lowest BCUT2D eigenvalue weighted by atomic mass is 10.1. The first kappa shape index (κ1) is 19.8. The highest BCUT2D eigenvalue weighted by Gasteiger charge is 2.22.